The van der Waals surface area contributed by atoms with Gasteiger partial charge in [0.05, 0.1) is 16.8 Å². The molecular weight excluding hydrogens is 250 g/mol. The highest BCUT2D eigenvalue weighted by molar-refractivity contribution is 6.23. The minimum absolute atomic E-state index is 0.00361. The van der Waals surface area contributed by atoms with Crippen molar-refractivity contribution in [3.63, 3.8) is 0 Å². The van der Waals surface area contributed by atoms with Crippen LogP contribution in [0.1, 0.15) is 40.0 Å². The van der Waals surface area contributed by atoms with Crippen LogP contribution < -0.4 is 4.90 Å². The lowest BCUT2D eigenvalue weighted by atomic mass is 10.0. The van der Waals surface area contributed by atoms with Gasteiger partial charge in [0.15, 0.2) is 0 Å². The Kier molecular flexibility index (Phi) is 2.45. The van der Waals surface area contributed by atoms with E-state index in [9.17, 15) is 19.2 Å². The molecule has 0 saturated carbocycles. The van der Waals surface area contributed by atoms with E-state index < -0.39 is 11.9 Å². The molecule has 2 aliphatic rings. The van der Waals surface area contributed by atoms with Gasteiger partial charge in [-0.15, -0.1) is 0 Å². The molecule has 3 rings (SSSR count). The number of carbonyl (C=O) groups is 4. The number of imide groups is 1. The number of cyclic esters (lactones) is 2. The number of anilines is 1. The maximum Gasteiger partial charge on any atom is 0.349 e. The highest BCUT2D eigenvalue weighted by Crippen LogP contribution is 2.32. The van der Waals surface area contributed by atoms with Gasteiger partial charge >= 0.3 is 11.9 Å². The standard InChI is InChI=1S/C13H9NO5/c15-9-5-2-6-10(16)14(9)8-4-1-3-7-11(8)13(18)19-12(7)17/h1,3-4H,2,5-6H2. The molecular formula is C13H9NO5. The van der Waals surface area contributed by atoms with E-state index in [1.165, 1.54) is 18.2 Å². The van der Waals surface area contributed by atoms with E-state index in [4.69, 9.17) is 0 Å². The van der Waals surface area contributed by atoms with Gasteiger partial charge in [0, 0.05) is 12.8 Å². The maximum absolute atomic E-state index is 11.9. The molecule has 1 fully saturated rings. The smallest absolute Gasteiger partial charge is 0.349 e. The van der Waals surface area contributed by atoms with Crippen molar-refractivity contribution in [1.29, 1.82) is 0 Å². The summed E-state index contributed by atoms with van der Waals surface area (Å²) in [5, 5.41) is 0. The molecule has 1 aromatic carbocycles. The van der Waals surface area contributed by atoms with Crippen molar-refractivity contribution in [2.45, 2.75) is 19.3 Å². The van der Waals surface area contributed by atoms with Crippen molar-refractivity contribution in [2.24, 2.45) is 0 Å². The van der Waals surface area contributed by atoms with Crippen molar-refractivity contribution in [3.05, 3.63) is 29.3 Å². The Labute approximate surface area is 107 Å². The molecule has 1 aromatic rings. The number of rotatable bonds is 1. The quantitative estimate of drug-likeness (QED) is 0.427. The summed E-state index contributed by atoms with van der Waals surface area (Å²) in [5.74, 6) is -2.30. The molecule has 6 heteroatoms. The van der Waals surface area contributed by atoms with E-state index in [1.807, 2.05) is 0 Å². The first-order valence-electron chi connectivity index (χ1n) is 5.85. The third-order valence-electron chi connectivity index (χ3n) is 3.17. The third-order valence-corrected chi connectivity index (χ3v) is 3.17. The molecule has 0 unspecified atom stereocenters. The summed E-state index contributed by atoms with van der Waals surface area (Å²) in [6.45, 7) is 0. The Bertz CT molecular complexity index is 618. The van der Waals surface area contributed by atoms with Crippen LogP contribution in [0.4, 0.5) is 5.69 Å². The fraction of sp³-hybridized carbons (Fsp3) is 0.231. The summed E-state index contributed by atoms with van der Waals surface area (Å²) in [6.07, 6.45) is 1.00. The number of esters is 2. The second-order valence-electron chi connectivity index (χ2n) is 4.35. The molecule has 2 heterocycles. The van der Waals surface area contributed by atoms with Gasteiger partial charge in [-0.25, -0.2) is 14.5 Å². The molecule has 0 aromatic heterocycles. The van der Waals surface area contributed by atoms with Crippen LogP contribution in [-0.4, -0.2) is 23.8 Å². The van der Waals surface area contributed by atoms with E-state index in [0.717, 1.165) is 4.90 Å². The average Bonchev–Trinajstić information content (AvgIpc) is 2.66. The van der Waals surface area contributed by atoms with Crippen LogP contribution in [0.5, 0.6) is 0 Å². The summed E-state index contributed by atoms with van der Waals surface area (Å²) < 4.78 is 4.51. The zero-order chi connectivity index (χ0) is 13.6. The number of ether oxygens (including phenoxy) is 1. The highest BCUT2D eigenvalue weighted by atomic mass is 16.6. The van der Waals surface area contributed by atoms with Gasteiger partial charge in [0.1, 0.15) is 0 Å². The lowest BCUT2D eigenvalue weighted by molar-refractivity contribution is -0.129. The number of fused-ring (bicyclic) bond motifs is 1. The largest absolute Gasteiger partial charge is 0.386 e. The summed E-state index contributed by atoms with van der Waals surface area (Å²) >= 11 is 0. The molecule has 0 bridgehead atoms. The van der Waals surface area contributed by atoms with E-state index in [1.54, 1.807) is 0 Å². The first kappa shape index (κ1) is 11.6. The van der Waals surface area contributed by atoms with E-state index in [0.29, 0.717) is 6.42 Å². The minimum Gasteiger partial charge on any atom is -0.386 e. The van der Waals surface area contributed by atoms with Crippen molar-refractivity contribution >= 4 is 29.4 Å². The monoisotopic (exact) mass is 259 g/mol. The molecule has 0 aliphatic carbocycles. The lowest BCUT2D eigenvalue weighted by Crippen LogP contribution is -2.40. The molecule has 2 amide bonds. The summed E-state index contributed by atoms with van der Waals surface area (Å²) in [6, 6.07) is 4.42. The molecule has 2 aliphatic heterocycles. The van der Waals surface area contributed by atoms with Crippen LogP contribution in [0.15, 0.2) is 18.2 Å². The summed E-state index contributed by atoms with van der Waals surface area (Å²) in [4.78, 5) is 47.8. The Balaban J connectivity index is 2.17. The topological polar surface area (TPSA) is 80.8 Å². The first-order valence-corrected chi connectivity index (χ1v) is 5.85. The number of hydrogen-bond acceptors (Lipinski definition) is 5. The predicted octanol–water partition coefficient (Wildman–Crippen LogP) is 1.04. The van der Waals surface area contributed by atoms with Crippen molar-refractivity contribution in [3.8, 4) is 0 Å². The maximum atomic E-state index is 11.9. The van der Waals surface area contributed by atoms with Gasteiger partial charge in [-0.3, -0.25) is 9.59 Å². The molecule has 1 saturated heterocycles. The predicted molar refractivity (Wildman–Crippen MR) is 62.5 cm³/mol. The fourth-order valence-corrected chi connectivity index (χ4v) is 2.32. The fourth-order valence-electron chi connectivity index (χ4n) is 2.32. The molecule has 96 valence electrons. The normalized spacial score (nSPS) is 18.6. The molecule has 19 heavy (non-hydrogen) atoms. The van der Waals surface area contributed by atoms with Crippen molar-refractivity contribution < 1.29 is 23.9 Å². The molecule has 0 N–H and O–H groups in total. The second kappa shape index (κ2) is 4.01. The SMILES string of the molecule is O=C1OC(=O)c2c1cccc2N1C(=O)CCCC1=O. The van der Waals surface area contributed by atoms with Crippen LogP contribution in [-0.2, 0) is 14.3 Å². The minimum atomic E-state index is -0.818. The van der Waals surface area contributed by atoms with E-state index in [2.05, 4.69) is 4.74 Å². The van der Waals surface area contributed by atoms with Crippen molar-refractivity contribution in [2.75, 3.05) is 4.90 Å². The van der Waals surface area contributed by atoms with Gasteiger partial charge in [0.25, 0.3) is 0 Å². The van der Waals surface area contributed by atoms with Crippen LogP contribution in [0, 0.1) is 0 Å². The van der Waals surface area contributed by atoms with E-state index in [-0.39, 0.29) is 41.5 Å². The van der Waals surface area contributed by atoms with Crippen LogP contribution in [0.2, 0.25) is 0 Å². The number of piperidine rings is 1. The number of amides is 2. The van der Waals surface area contributed by atoms with Crippen LogP contribution >= 0.6 is 0 Å². The van der Waals surface area contributed by atoms with Gasteiger partial charge < -0.3 is 4.74 Å². The van der Waals surface area contributed by atoms with Gasteiger partial charge in [-0.2, -0.15) is 0 Å². The van der Waals surface area contributed by atoms with Crippen LogP contribution in [0.25, 0.3) is 0 Å². The zero-order valence-corrected chi connectivity index (χ0v) is 9.84. The molecule has 0 radical (unpaired) electrons. The number of benzene rings is 1. The third kappa shape index (κ3) is 1.64. The second-order valence-corrected chi connectivity index (χ2v) is 4.35. The number of hydrogen-bond donors (Lipinski definition) is 0. The Morgan fingerprint density at radius 3 is 2.32 bits per heavy atom. The number of carbonyl (C=O) groups excluding carboxylic acids is 4. The lowest BCUT2D eigenvalue weighted by Gasteiger charge is -2.25. The Morgan fingerprint density at radius 2 is 1.63 bits per heavy atom. The van der Waals surface area contributed by atoms with Crippen molar-refractivity contribution in [1.82, 2.24) is 0 Å². The van der Waals surface area contributed by atoms with E-state index >= 15 is 0 Å². The highest BCUT2D eigenvalue weighted by Gasteiger charge is 2.37. The average molecular weight is 259 g/mol. The van der Waals surface area contributed by atoms with Crippen LogP contribution in [0.3, 0.4) is 0 Å². The van der Waals surface area contributed by atoms with Gasteiger partial charge in [-0.05, 0) is 18.6 Å². The Morgan fingerprint density at radius 1 is 0.947 bits per heavy atom. The molecule has 0 atom stereocenters. The zero-order valence-electron chi connectivity index (χ0n) is 9.84. The summed E-state index contributed by atoms with van der Waals surface area (Å²) in [7, 11) is 0. The summed E-state index contributed by atoms with van der Waals surface area (Å²) in [5.41, 5.74) is 0.229. The van der Waals surface area contributed by atoms with Gasteiger partial charge in [0.2, 0.25) is 11.8 Å². The molecule has 6 nitrogen and oxygen atoms in total. The Hall–Kier alpha value is -2.50. The molecule has 0 spiro atoms. The number of nitrogens with zero attached hydrogens (tertiary/aromatic N) is 1. The first-order chi connectivity index (χ1) is 9.09. The van der Waals surface area contributed by atoms with Gasteiger partial charge in [-0.1, -0.05) is 6.07 Å².